The lowest BCUT2D eigenvalue weighted by Crippen LogP contribution is -2.04. The summed E-state index contributed by atoms with van der Waals surface area (Å²) in [6.45, 7) is 4.00. The molecule has 0 aliphatic heterocycles. The van der Waals surface area contributed by atoms with Crippen LogP contribution in [-0.4, -0.2) is 16.6 Å². The standard InChI is InChI=1S/C14H15F2N3O/c1-3-20-7-12-18-10(6-11(17)19-12)9-5-4-8(2)13(15)14(9)16/h4-6H,3,7H2,1-2H3,(H2,17,18,19). The highest BCUT2D eigenvalue weighted by atomic mass is 19.2. The molecular formula is C14H15F2N3O. The summed E-state index contributed by atoms with van der Waals surface area (Å²) in [4.78, 5) is 8.14. The fourth-order valence-corrected chi connectivity index (χ4v) is 1.76. The second-order valence-electron chi connectivity index (χ2n) is 4.29. The van der Waals surface area contributed by atoms with Crippen molar-refractivity contribution < 1.29 is 13.5 Å². The molecule has 2 rings (SSSR count). The van der Waals surface area contributed by atoms with Crippen molar-refractivity contribution in [1.29, 1.82) is 0 Å². The van der Waals surface area contributed by atoms with Crippen molar-refractivity contribution in [2.75, 3.05) is 12.3 Å². The summed E-state index contributed by atoms with van der Waals surface area (Å²) in [5.41, 5.74) is 6.20. The van der Waals surface area contributed by atoms with E-state index in [1.54, 1.807) is 0 Å². The van der Waals surface area contributed by atoms with E-state index < -0.39 is 11.6 Å². The van der Waals surface area contributed by atoms with Crippen LogP contribution in [0, 0.1) is 18.6 Å². The third-order valence-corrected chi connectivity index (χ3v) is 2.78. The zero-order chi connectivity index (χ0) is 14.7. The molecule has 1 heterocycles. The summed E-state index contributed by atoms with van der Waals surface area (Å²) >= 11 is 0. The zero-order valence-corrected chi connectivity index (χ0v) is 11.3. The lowest BCUT2D eigenvalue weighted by molar-refractivity contribution is 0.128. The van der Waals surface area contributed by atoms with Crippen LogP contribution in [-0.2, 0) is 11.3 Å². The molecule has 0 atom stereocenters. The summed E-state index contributed by atoms with van der Waals surface area (Å²) in [7, 11) is 0. The van der Waals surface area contributed by atoms with Crippen molar-refractivity contribution in [3.63, 3.8) is 0 Å². The summed E-state index contributed by atoms with van der Waals surface area (Å²) in [5, 5.41) is 0. The van der Waals surface area contributed by atoms with E-state index in [0.717, 1.165) is 0 Å². The Morgan fingerprint density at radius 3 is 2.65 bits per heavy atom. The van der Waals surface area contributed by atoms with Crippen LogP contribution < -0.4 is 5.73 Å². The molecule has 1 aromatic carbocycles. The zero-order valence-electron chi connectivity index (χ0n) is 11.3. The van der Waals surface area contributed by atoms with Crippen LogP contribution >= 0.6 is 0 Å². The highest BCUT2D eigenvalue weighted by Gasteiger charge is 2.15. The molecule has 2 N–H and O–H groups in total. The third-order valence-electron chi connectivity index (χ3n) is 2.78. The van der Waals surface area contributed by atoms with Crippen LogP contribution in [0.5, 0.6) is 0 Å². The maximum absolute atomic E-state index is 14.0. The van der Waals surface area contributed by atoms with Crippen molar-refractivity contribution in [1.82, 2.24) is 9.97 Å². The molecule has 6 heteroatoms. The fourth-order valence-electron chi connectivity index (χ4n) is 1.76. The minimum absolute atomic E-state index is 0.0555. The number of nitrogens with zero attached hydrogens (tertiary/aromatic N) is 2. The minimum Gasteiger partial charge on any atom is -0.384 e. The molecule has 2 aromatic rings. The van der Waals surface area contributed by atoms with Gasteiger partial charge >= 0.3 is 0 Å². The van der Waals surface area contributed by atoms with E-state index in [2.05, 4.69) is 9.97 Å². The lowest BCUT2D eigenvalue weighted by Gasteiger charge is -2.08. The number of aromatic nitrogens is 2. The molecular weight excluding hydrogens is 264 g/mol. The summed E-state index contributed by atoms with van der Waals surface area (Å²) < 4.78 is 32.8. The van der Waals surface area contributed by atoms with Gasteiger partial charge in [0.25, 0.3) is 0 Å². The Morgan fingerprint density at radius 1 is 1.20 bits per heavy atom. The largest absolute Gasteiger partial charge is 0.384 e. The molecule has 0 spiro atoms. The monoisotopic (exact) mass is 279 g/mol. The Labute approximate surface area is 115 Å². The van der Waals surface area contributed by atoms with Gasteiger partial charge in [-0.05, 0) is 25.5 Å². The van der Waals surface area contributed by atoms with Crippen LogP contribution in [0.2, 0.25) is 0 Å². The van der Waals surface area contributed by atoms with E-state index in [1.807, 2.05) is 6.92 Å². The number of hydrogen-bond acceptors (Lipinski definition) is 4. The average molecular weight is 279 g/mol. The van der Waals surface area contributed by atoms with Gasteiger partial charge in [-0.2, -0.15) is 0 Å². The second kappa shape index (κ2) is 5.92. The molecule has 4 nitrogen and oxygen atoms in total. The molecule has 20 heavy (non-hydrogen) atoms. The van der Waals surface area contributed by atoms with Gasteiger partial charge in [-0.15, -0.1) is 0 Å². The van der Waals surface area contributed by atoms with Crippen LogP contribution in [0.1, 0.15) is 18.3 Å². The van der Waals surface area contributed by atoms with Gasteiger partial charge in [0.2, 0.25) is 0 Å². The first-order valence-corrected chi connectivity index (χ1v) is 6.19. The molecule has 0 radical (unpaired) electrons. The molecule has 0 aliphatic carbocycles. The molecule has 0 bridgehead atoms. The Morgan fingerprint density at radius 2 is 1.95 bits per heavy atom. The van der Waals surface area contributed by atoms with Gasteiger partial charge in [0.15, 0.2) is 17.5 Å². The smallest absolute Gasteiger partial charge is 0.168 e. The fraction of sp³-hybridized carbons (Fsp3) is 0.286. The number of aryl methyl sites for hydroxylation is 1. The first-order chi connectivity index (χ1) is 9.52. The van der Waals surface area contributed by atoms with Gasteiger partial charge in [-0.3, -0.25) is 0 Å². The van der Waals surface area contributed by atoms with E-state index in [1.165, 1.54) is 25.1 Å². The number of ether oxygens (including phenoxy) is 1. The maximum Gasteiger partial charge on any atom is 0.168 e. The third kappa shape index (κ3) is 2.91. The van der Waals surface area contributed by atoms with Gasteiger partial charge in [0, 0.05) is 18.2 Å². The van der Waals surface area contributed by atoms with E-state index >= 15 is 0 Å². The molecule has 0 fully saturated rings. The molecule has 0 saturated carbocycles. The van der Waals surface area contributed by atoms with Gasteiger partial charge in [0.05, 0.1) is 5.69 Å². The highest BCUT2D eigenvalue weighted by Crippen LogP contribution is 2.25. The summed E-state index contributed by atoms with van der Waals surface area (Å²) in [6, 6.07) is 4.37. The Balaban J connectivity index is 2.47. The number of nitrogen functional groups attached to an aromatic ring is 1. The number of rotatable bonds is 4. The Kier molecular flexibility index (Phi) is 4.24. The highest BCUT2D eigenvalue weighted by molar-refractivity contribution is 5.63. The SMILES string of the molecule is CCOCc1nc(N)cc(-c2ccc(C)c(F)c2F)n1. The molecule has 0 amide bonds. The predicted octanol–water partition coefficient (Wildman–Crippen LogP) is 2.85. The maximum atomic E-state index is 14.0. The number of benzene rings is 1. The van der Waals surface area contributed by atoms with Crippen molar-refractivity contribution in [2.45, 2.75) is 20.5 Å². The van der Waals surface area contributed by atoms with E-state index in [4.69, 9.17) is 10.5 Å². The molecule has 106 valence electrons. The minimum atomic E-state index is -0.939. The normalized spacial score (nSPS) is 10.8. The van der Waals surface area contributed by atoms with Crippen LogP contribution in [0.25, 0.3) is 11.3 Å². The van der Waals surface area contributed by atoms with Gasteiger partial charge in [0.1, 0.15) is 12.4 Å². The van der Waals surface area contributed by atoms with E-state index in [-0.39, 0.29) is 29.2 Å². The molecule has 0 saturated heterocycles. The first-order valence-electron chi connectivity index (χ1n) is 6.19. The number of nitrogens with two attached hydrogens (primary N) is 1. The van der Waals surface area contributed by atoms with Gasteiger partial charge in [-0.1, -0.05) is 6.07 Å². The Hall–Kier alpha value is -2.08. The number of anilines is 1. The lowest BCUT2D eigenvalue weighted by atomic mass is 10.1. The predicted molar refractivity (Wildman–Crippen MR) is 71.9 cm³/mol. The van der Waals surface area contributed by atoms with Crippen LogP contribution in [0.15, 0.2) is 18.2 Å². The van der Waals surface area contributed by atoms with Crippen molar-refractivity contribution in [2.24, 2.45) is 0 Å². The molecule has 0 unspecified atom stereocenters. The topological polar surface area (TPSA) is 61.0 Å². The molecule has 0 aliphatic rings. The molecule has 1 aromatic heterocycles. The van der Waals surface area contributed by atoms with E-state index in [0.29, 0.717) is 12.4 Å². The number of halogens is 2. The van der Waals surface area contributed by atoms with Gasteiger partial charge in [-0.25, -0.2) is 18.7 Å². The van der Waals surface area contributed by atoms with Crippen LogP contribution in [0.4, 0.5) is 14.6 Å². The average Bonchev–Trinajstić information content (AvgIpc) is 2.42. The van der Waals surface area contributed by atoms with Crippen molar-refractivity contribution >= 4 is 5.82 Å². The quantitative estimate of drug-likeness (QED) is 0.934. The summed E-state index contributed by atoms with van der Waals surface area (Å²) in [6.07, 6.45) is 0. The van der Waals surface area contributed by atoms with Crippen molar-refractivity contribution in [3.8, 4) is 11.3 Å². The van der Waals surface area contributed by atoms with Crippen LogP contribution in [0.3, 0.4) is 0 Å². The summed E-state index contributed by atoms with van der Waals surface area (Å²) in [5.74, 6) is -1.30. The van der Waals surface area contributed by atoms with Crippen molar-refractivity contribution in [3.05, 3.63) is 41.2 Å². The second-order valence-corrected chi connectivity index (χ2v) is 4.29. The van der Waals surface area contributed by atoms with E-state index in [9.17, 15) is 8.78 Å². The van der Waals surface area contributed by atoms with Gasteiger partial charge < -0.3 is 10.5 Å². The Bertz CT molecular complexity index is 632. The first kappa shape index (κ1) is 14.3. The number of hydrogen-bond donors (Lipinski definition) is 1.